The maximum atomic E-state index is 5.69. The SMILES string of the molecule is CCCN1C(=S)NC(c2ccccn2)C1c1cc(C)n(-c2nccs2)c1C. The Morgan fingerprint density at radius 3 is 2.74 bits per heavy atom. The summed E-state index contributed by atoms with van der Waals surface area (Å²) < 4.78 is 2.24. The van der Waals surface area contributed by atoms with Crippen molar-refractivity contribution in [3.63, 3.8) is 0 Å². The molecule has 3 aromatic rings. The molecule has 2 unspecified atom stereocenters. The summed E-state index contributed by atoms with van der Waals surface area (Å²) in [5.74, 6) is 0. The third-order valence-corrected chi connectivity index (χ3v) is 6.17. The molecule has 0 spiro atoms. The van der Waals surface area contributed by atoms with Gasteiger partial charge in [-0.15, -0.1) is 11.3 Å². The van der Waals surface area contributed by atoms with Crippen molar-refractivity contribution in [1.29, 1.82) is 0 Å². The van der Waals surface area contributed by atoms with Gasteiger partial charge in [0.25, 0.3) is 0 Å². The zero-order valence-electron chi connectivity index (χ0n) is 15.7. The molecule has 1 aliphatic heterocycles. The maximum absolute atomic E-state index is 5.69. The van der Waals surface area contributed by atoms with E-state index in [0.717, 1.165) is 28.9 Å². The molecule has 0 aliphatic carbocycles. The number of aryl methyl sites for hydroxylation is 1. The molecule has 5 nitrogen and oxygen atoms in total. The lowest BCUT2D eigenvalue weighted by molar-refractivity contribution is 0.316. The molecule has 140 valence electrons. The van der Waals surface area contributed by atoms with Gasteiger partial charge in [0, 0.05) is 35.7 Å². The molecule has 4 heterocycles. The predicted octanol–water partition coefficient (Wildman–Crippen LogP) is 4.33. The quantitative estimate of drug-likeness (QED) is 0.650. The first-order valence-electron chi connectivity index (χ1n) is 9.18. The van der Waals surface area contributed by atoms with Gasteiger partial charge in [-0.25, -0.2) is 4.98 Å². The Morgan fingerprint density at radius 1 is 1.22 bits per heavy atom. The average molecular weight is 398 g/mol. The highest BCUT2D eigenvalue weighted by Crippen LogP contribution is 2.41. The van der Waals surface area contributed by atoms with Gasteiger partial charge < -0.3 is 10.2 Å². The number of rotatable bonds is 5. The summed E-state index contributed by atoms with van der Waals surface area (Å²) in [5, 5.41) is 7.33. The predicted molar refractivity (Wildman–Crippen MR) is 113 cm³/mol. The molecule has 0 radical (unpaired) electrons. The smallest absolute Gasteiger partial charge is 0.193 e. The number of nitrogens with one attached hydrogen (secondary N) is 1. The molecule has 1 saturated heterocycles. The van der Waals surface area contributed by atoms with Crippen molar-refractivity contribution in [2.45, 2.75) is 39.3 Å². The zero-order valence-corrected chi connectivity index (χ0v) is 17.3. The highest BCUT2D eigenvalue weighted by Gasteiger charge is 2.41. The average Bonchev–Trinajstić information content (AvgIpc) is 3.36. The van der Waals surface area contributed by atoms with Gasteiger partial charge in [-0.2, -0.15) is 0 Å². The topological polar surface area (TPSA) is 46.0 Å². The van der Waals surface area contributed by atoms with Gasteiger partial charge in [0.1, 0.15) is 0 Å². The van der Waals surface area contributed by atoms with Gasteiger partial charge in [-0.1, -0.05) is 13.0 Å². The van der Waals surface area contributed by atoms with Gasteiger partial charge in [-0.05, 0) is 56.2 Å². The molecule has 27 heavy (non-hydrogen) atoms. The minimum atomic E-state index is 0.0375. The summed E-state index contributed by atoms with van der Waals surface area (Å²) in [6.07, 6.45) is 4.74. The molecule has 1 N–H and O–H groups in total. The van der Waals surface area contributed by atoms with Crippen molar-refractivity contribution in [3.8, 4) is 5.13 Å². The van der Waals surface area contributed by atoms with Gasteiger partial charge in [-0.3, -0.25) is 9.55 Å². The second-order valence-electron chi connectivity index (χ2n) is 6.80. The standard InChI is InChI=1S/C20H23N5S2/c1-4-10-24-18(17(23-19(24)26)16-7-5-6-8-21-16)15-12-13(2)25(14(15)3)20-22-9-11-27-20/h5-9,11-12,17-18H,4,10H2,1-3H3,(H,23,26). The molecule has 4 rings (SSSR count). The van der Waals surface area contributed by atoms with Gasteiger partial charge >= 0.3 is 0 Å². The monoisotopic (exact) mass is 397 g/mol. The van der Waals surface area contributed by atoms with E-state index >= 15 is 0 Å². The number of hydrogen-bond donors (Lipinski definition) is 1. The summed E-state index contributed by atoms with van der Waals surface area (Å²) in [6, 6.07) is 8.48. The second-order valence-corrected chi connectivity index (χ2v) is 8.06. The van der Waals surface area contributed by atoms with E-state index in [0.29, 0.717) is 0 Å². The van der Waals surface area contributed by atoms with E-state index in [9.17, 15) is 0 Å². The van der Waals surface area contributed by atoms with Crippen LogP contribution in [0.25, 0.3) is 5.13 Å². The highest BCUT2D eigenvalue weighted by molar-refractivity contribution is 7.80. The van der Waals surface area contributed by atoms with Crippen molar-refractivity contribution in [1.82, 2.24) is 24.8 Å². The summed E-state index contributed by atoms with van der Waals surface area (Å²) >= 11 is 7.35. The molecule has 0 bridgehead atoms. The Bertz CT molecular complexity index is 933. The summed E-state index contributed by atoms with van der Waals surface area (Å²) in [5.41, 5.74) is 4.69. The Hall–Kier alpha value is -2.25. The first-order chi connectivity index (χ1) is 13.1. The van der Waals surface area contributed by atoms with Crippen LogP contribution in [0, 0.1) is 13.8 Å². The molecule has 3 aromatic heterocycles. The number of thiazole rings is 1. The van der Waals surface area contributed by atoms with Crippen LogP contribution in [-0.2, 0) is 0 Å². The summed E-state index contributed by atoms with van der Waals surface area (Å²) in [4.78, 5) is 11.4. The van der Waals surface area contributed by atoms with Crippen LogP contribution in [0.4, 0.5) is 0 Å². The van der Waals surface area contributed by atoms with Crippen LogP contribution in [-0.4, -0.2) is 31.1 Å². The number of thiocarbonyl (C=S) groups is 1. The fourth-order valence-electron chi connectivity index (χ4n) is 3.93. The minimum Gasteiger partial charge on any atom is -0.352 e. The Morgan fingerprint density at radius 2 is 2.07 bits per heavy atom. The van der Waals surface area contributed by atoms with Gasteiger partial charge in [0.15, 0.2) is 10.2 Å². The Labute approximate surface area is 169 Å². The number of hydrogen-bond acceptors (Lipinski definition) is 4. The van der Waals surface area contributed by atoms with E-state index in [4.69, 9.17) is 12.2 Å². The molecular weight excluding hydrogens is 374 g/mol. The van der Waals surface area contributed by atoms with Crippen molar-refractivity contribution in [2.75, 3.05) is 6.54 Å². The van der Waals surface area contributed by atoms with Crippen molar-refractivity contribution < 1.29 is 0 Å². The van der Waals surface area contributed by atoms with Crippen molar-refractivity contribution in [2.24, 2.45) is 0 Å². The lowest BCUT2D eigenvalue weighted by Crippen LogP contribution is -2.30. The number of nitrogens with zero attached hydrogens (tertiary/aromatic N) is 4. The lowest BCUT2D eigenvalue weighted by Gasteiger charge is -2.27. The third-order valence-electron chi connectivity index (χ3n) is 5.06. The Balaban J connectivity index is 1.83. The van der Waals surface area contributed by atoms with Crippen LogP contribution in [0.1, 0.15) is 48.1 Å². The highest BCUT2D eigenvalue weighted by atomic mass is 32.1. The third kappa shape index (κ3) is 3.15. The van der Waals surface area contributed by atoms with Crippen LogP contribution >= 0.6 is 23.6 Å². The summed E-state index contributed by atoms with van der Waals surface area (Å²) in [7, 11) is 0. The van der Waals surface area contributed by atoms with Crippen LogP contribution in [0.3, 0.4) is 0 Å². The van der Waals surface area contributed by atoms with E-state index in [1.807, 2.05) is 29.9 Å². The molecule has 0 saturated carbocycles. The van der Waals surface area contributed by atoms with E-state index < -0.39 is 0 Å². The fourth-order valence-corrected chi connectivity index (χ4v) is 5.02. The largest absolute Gasteiger partial charge is 0.352 e. The van der Waals surface area contributed by atoms with E-state index in [1.54, 1.807) is 11.3 Å². The lowest BCUT2D eigenvalue weighted by atomic mass is 9.96. The van der Waals surface area contributed by atoms with Gasteiger partial charge in [0.2, 0.25) is 0 Å². The van der Waals surface area contributed by atoms with Crippen LogP contribution in [0.2, 0.25) is 0 Å². The molecule has 0 amide bonds. The second kappa shape index (κ2) is 7.40. The first kappa shape index (κ1) is 18.1. The Kier molecular flexibility index (Phi) is 4.97. The van der Waals surface area contributed by atoms with Gasteiger partial charge in [0.05, 0.1) is 17.8 Å². The first-order valence-corrected chi connectivity index (χ1v) is 10.5. The van der Waals surface area contributed by atoms with E-state index in [1.165, 1.54) is 17.0 Å². The van der Waals surface area contributed by atoms with Crippen LogP contribution in [0.5, 0.6) is 0 Å². The molecular formula is C20H23N5S2. The molecule has 1 fully saturated rings. The minimum absolute atomic E-state index is 0.0375. The molecule has 2 atom stereocenters. The van der Waals surface area contributed by atoms with E-state index in [2.05, 4.69) is 57.7 Å². The van der Waals surface area contributed by atoms with Crippen LogP contribution < -0.4 is 5.32 Å². The van der Waals surface area contributed by atoms with Crippen molar-refractivity contribution in [3.05, 3.63) is 64.7 Å². The molecule has 7 heteroatoms. The van der Waals surface area contributed by atoms with E-state index in [-0.39, 0.29) is 12.1 Å². The summed E-state index contributed by atoms with van der Waals surface area (Å²) in [6.45, 7) is 7.41. The molecule has 0 aromatic carbocycles. The van der Waals surface area contributed by atoms with Crippen LogP contribution in [0.15, 0.2) is 42.0 Å². The number of aromatic nitrogens is 3. The number of pyridine rings is 1. The van der Waals surface area contributed by atoms with Crippen molar-refractivity contribution >= 4 is 28.7 Å². The molecule has 1 aliphatic rings. The normalized spacial score (nSPS) is 19.5. The zero-order chi connectivity index (χ0) is 19.0. The maximum Gasteiger partial charge on any atom is 0.193 e. The fraction of sp³-hybridized carbons (Fsp3) is 0.350.